The zero-order valence-corrected chi connectivity index (χ0v) is 39.8. The first-order chi connectivity index (χ1) is 29.5. The summed E-state index contributed by atoms with van der Waals surface area (Å²) in [5.41, 5.74) is 0. The summed E-state index contributed by atoms with van der Waals surface area (Å²) in [6.07, 6.45) is 57.4. The number of esters is 1. The molecule has 1 amide bonds. The number of carbonyl (C=O) groups excluding carboxylic acids is 2. The molecule has 0 aromatic rings. The first-order valence-corrected chi connectivity index (χ1v) is 25.9. The Morgan fingerprint density at radius 2 is 0.850 bits per heavy atom. The van der Waals surface area contributed by atoms with Gasteiger partial charge in [0, 0.05) is 6.42 Å². The second kappa shape index (κ2) is 47.9. The molecule has 0 aromatic carbocycles. The quantitative estimate of drug-likeness (QED) is 0.0322. The van der Waals surface area contributed by atoms with Crippen LogP contribution in [0.3, 0.4) is 0 Å². The molecule has 0 saturated heterocycles. The Hall–Kier alpha value is -2.18. The zero-order valence-electron chi connectivity index (χ0n) is 39.8. The van der Waals surface area contributed by atoms with Gasteiger partial charge < -0.3 is 20.3 Å². The van der Waals surface area contributed by atoms with Gasteiger partial charge in [-0.2, -0.15) is 0 Å². The van der Waals surface area contributed by atoms with Gasteiger partial charge in [0.15, 0.2) is 0 Å². The smallest absolute Gasteiger partial charge is 0.306 e. The highest BCUT2D eigenvalue weighted by Crippen LogP contribution is 2.18. The summed E-state index contributed by atoms with van der Waals surface area (Å²) in [5.74, 6) is -0.504. The van der Waals surface area contributed by atoms with Crippen molar-refractivity contribution in [3.8, 4) is 0 Å². The van der Waals surface area contributed by atoms with Gasteiger partial charge in [0.2, 0.25) is 5.91 Å². The van der Waals surface area contributed by atoms with Crippen LogP contribution in [0.1, 0.15) is 258 Å². The fourth-order valence-electron chi connectivity index (χ4n) is 7.71. The number of ether oxygens (including phenoxy) is 1. The van der Waals surface area contributed by atoms with Gasteiger partial charge in [0.05, 0.1) is 25.2 Å². The van der Waals surface area contributed by atoms with Crippen molar-refractivity contribution in [3.63, 3.8) is 0 Å². The topological polar surface area (TPSA) is 95.9 Å². The molecule has 3 N–H and O–H groups in total. The van der Waals surface area contributed by atoms with Crippen molar-refractivity contribution in [2.45, 2.75) is 277 Å². The average molecular weight is 842 g/mol. The van der Waals surface area contributed by atoms with Crippen LogP contribution >= 0.6 is 0 Å². The Bertz CT molecular complexity index is 1040. The number of aliphatic hydroxyl groups is 2. The molecule has 3 unspecified atom stereocenters. The second-order valence-corrected chi connectivity index (χ2v) is 17.6. The highest BCUT2D eigenvalue weighted by molar-refractivity contribution is 5.77. The number of aliphatic hydroxyl groups excluding tert-OH is 2. The molecule has 0 rings (SSSR count). The number of hydrogen-bond donors (Lipinski definition) is 3. The maximum absolute atomic E-state index is 13.2. The minimum Gasteiger partial charge on any atom is -0.462 e. The van der Waals surface area contributed by atoms with Gasteiger partial charge in [0.1, 0.15) is 6.10 Å². The normalized spacial score (nSPS) is 13.6. The summed E-state index contributed by atoms with van der Waals surface area (Å²) >= 11 is 0. The lowest BCUT2D eigenvalue weighted by atomic mass is 10.0. The van der Waals surface area contributed by atoms with E-state index in [4.69, 9.17) is 4.74 Å². The molecule has 350 valence electrons. The number of nitrogens with one attached hydrogen (secondary N) is 1. The highest BCUT2D eigenvalue weighted by Gasteiger charge is 2.24. The lowest BCUT2D eigenvalue weighted by molar-refractivity contribution is -0.151. The lowest BCUT2D eigenvalue weighted by Gasteiger charge is -2.24. The molecule has 0 heterocycles. The third-order valence-electron chi connectivity index (χ3n) is 11.7. The van der Waals surface area contributed by atoms with E-state index in [0.717, 1.165) is 77.0 Å². The van der Waals surface area contributed by atoms with Crippen LogP contribution in [-0.4, -0.2) is 46.9 Å². The van der Waals surface area contributed by atoms with Crippen LogP contribution in [0, 0.1) is 0 Å². The van der Waals surface area contributed by atoms with Crippen LogP contribution in [0.4, 0.5) is 0 Å². The third-order valence-corrected chi connectivity index (χ3v) is 11.7. The predicted octanol–water partition coefficient (Wildman–Crippen LogP) is 15.5. The molecule has 0 fully saturated rings. The highest BCUT2D eigenvalue weighted by atomic mass is 16.5. The maximum Gasteiger partial charge on any atom is 0.306 e. The van der Waals surface area contributed by atoms with E-state index in [1.807, 2.05) is 0 Å². The van der Waals surface area contributed by atoms with Gasteiger partial charge in [-0.05, 0) is 70.6 Å². The molecule has 0 aromatic heterocycles. The summed E-state index contributed by atoms with van der Waals surface area (Å²) in [7, 11) is 0. The van der Waals surface area contributed by atoms with Crippen molar-refractivity contribution in [2.75, 3.05) is 6.61 Å². The Balaban J connectivity index is 4.59. The molecule has 6 nitrogen and oxygen atoms in total. The molecule has 0 aliphatic rings. The van der Waals surface area contributed by atoms with Gasteiger partial charge in [-0.25, -0.2) is 0 Å². The number of carbonyl (C=O) groups is 2. The molecular weight excluding hydrogens is 743 g/mol. The largest absolute Gasteiger partial charge is 0.462 e. The van der Waals surface area contributed by atoms with Crippen LogP contribution in [0.2, 0.25) is 0 Å². The number of amides is 1. The number of hydrogen-bond acceptors (Lipinski definition) is 5. The maximum atomic E-state index is 13.2. The van der Waals surface area contributed by atoms with E-state index in [2.05, 4.69) is 74.7 Å². The number of allylic oxidation sites excluding steroid dienone is 8. The van der Waals surface area contributed by atoms with Crippen molar-refractivity contribution < 1.29 is 24.5 Å². The zero-order chi connectivity index (χ0) is 43.8. The first-order valence-electron chi connectivity index (χ1n) is 25.9. The van der Waals surface area contributed by atoms with Gasteiger partial charge in [-0.1, -0.05) is 223 Å². The van der Waals surface area contributed by atoms with E-state index in [1.54, 1.807) is 0 Å². The molecular formula is C54H99NO5. The number of rotatable bonds is 46. The molecule has 60 heavy (non-hydrogen) atoms. The minimum atomic E-state index is -0.790. The van der Waals surface area contributed by atoms with E-state index < -0.39 is 18.2 Å². The Kier molecular flexibility index (Phi) is 46.1. The molecule has 6 heteroatoms. The summed E-state index contributed by atoms with van der Waals surface area (Å²) in [5, 5.41) is 23.7. The Morgan fingerprint density at radius 1 is 0.483 bits per heavy atom. The number of unbranched alkanes of at least 4 members (excludes halogenated alkanes) is 26. The fraction of sp³-hybridized carbons (Fsp3) is 0.815. The molecule has 0 radical (unpaired) electrons. The molecule has 0 saturated carbocycles. The van der Waals surface area contributed by atoms with Gasteiger partial charge in [0.25, 0.3) is 0 Å². The summed E-state index contributed by atoms with van der Waals surface area (Å²) in [6.45, 7) is 6.43. The lowest BCUT2D eigenvalue weighted by Crippen LogP contribution is -2.46. The molecule has 0 spiro atoms. The third kappa shape index (κ3) is 42.5. The predicted molar refractivity (Wildman–Crippen MR) is 259 cm³/mol. The fourth-order valence-corrected chi connectivity index (χ4v) is 7.71. The van der Waals surface area contributed by atoms with Gasteiger partial charge >= 0.3 is 5.97 Å². The molecule has 0 aliphatic carbocycles. The summed E-state index contributed by atoms with van der Waals surface area (Å²) in [6, 6.07) is -0.705. The van der Waals surface area contributed by atoms with Crippen LogP contribution in [0.25, 0.3) is 0 Å². The standard InChI is InChI=1S/C54H99NO5/c1-4-7-10-13-16-19-21-23-24-25-26-27-28-30-32-35-38-41-44-47-54(59)60-50(45-42-39-36-34-31-29-22-20-17-14-11-8-5-2)48-53(58)55-51(49-56)52(57)46-43-40-37-33-18-15-12-9-6-3/h16,19,23-24,26-27,30,32,50-52,56-57H,4-15,17-18,20-22,25,28-29,31,33-49H2,1-3H3,(H,55,58)/b19-16-,24-23-,27-26-,32-30-. The van der Waals surface area contributed by atoms with Crippen molar-refractivity contribution in [1.29, 1.82) is 0 Å². The van der Waals surface area contributed by atoms with Crippen LogP contribution in [0.5, 0.6) is 0 Å². The van der Waals surface area contributed by atoms with Gasteiger partial charge in [-0.15, -0.1) is 0 Å². The van der Waals surface area contributed by atoms with Crippen molar-refractivity contribution in [3.05, 3.63) is 48.6 Å². The minimum absolute atomic E-state index is 0.0668. The molecule has 3 atom stereocenters. The second-order valence-electron chi connectivity index (χ2n) is 17.6. The average Bonchev–Trinajstić information content (AvgIpc) is 3.24. The SMILES string of the molecule is CCCCC/C=C\C/C=C\C/C=C\C/C=C\CCCCCC(=O)OC(CCCCCCCCCCCCCCC)CC(=O)NC(CO)C(O)CCCCCCCCCCC. The van der Waals surface area contributed by atoms with Gasteiger partial charge in [-0.3, -0.25) is 9.59 Å². The summed E-state index contributed by atoms with van der Waals surface area (Å²) < 4.78 is 5.92. The van der Waals surface area contributed by atoms with Crippen molar-refractivity contribution in [2.24, 2.45) is 0 Å². The van der Waals surface area contributed by atoms with Crippen LogP contribution < -0.4 is 5.32 Å². The van der Waals surface area contributed by atoms with Crippen molar-refractivity contribution >= 4 is 11.9 Å². The Morgan fingerprint density at radius 3 is 1.30 bits per heavy atom. The molecule has 0 bridgehead atoms. The summed E-state index contributed by atoms with van der Waals surface area (Å²) in [4.78, 5) is 26.1. The van der Waals surface area contributed by atoms with E-state index >= 15 is 0 Å². The van der Waals surface area contributed by atoms with Crippen molar-refractivity contribution in [1.82, 2.24) is 5.32 Å². The molecule has 0 aliphatic heterocycles. The van der Waals surface area contributed by atoms with E-state index in [0.29, 0.717) is 19.3 Å². The van der Waals surface area contributed by atoms with Crippen LogP contribution in [0.15, 0.2) is 48.6 Å². The Labute approximate surface area is 372 Å². The van der Waals surface area contributed by atoms with E-state index in [1.165, 1.54) is 135 Å². The van der Waals surface area contributed by atoms with E-state index in [-0.39, 0.29) is 24.9 Å². The first kappa shape index (κ1) is 57.8. The monoisotopic (exact) mass is 842 g/mol. The van der Waals surface area contributed by atoms with E-state index in [9.17, 15) is 19.8 Å². The van der Waals surface area contributed by atoms with Crippen LogP contribution in [-0.2, 0) is 14.3 Å².